The van der Waals surface area contributed by atoms with E-state index in [4.69, 9.17) is 22.0 Å². The van der Waals surface area contributed by atoms with Gasteiger partial charge >= 0.3 is 5.97 Å². The highest BCUT2D eigenvalue weighted by atomic mass is 35.5. The molecule has 0 unspecified atom stereocenters. The van der Waals surface area contributed by atoms with Crippen LogP contribution in [0, 0.1) is 11.3 Å². The number of nitrogens with one attached hydrogen (secondary N) is 1. The van der Waals surface area contributed by atoms with E-state index in [1.165, 1.54) is 24.3 Å². The maximum absolute atomic E-state index is 12.1. The number of benzene rings is 1. The summed E-state index contributed by atoms with van der Waals surface area (Å²) in [5.41, 5.74) is -0.101. The molecule has 0 saturated carbocycles. The lowest BCUT2D eigenvalue weighted by molar-refractivity contribution is 0.0697. The van der Waals surface area contributed by atoms with E-state index in [0.717, 1.165) is 17.4 Å². The zero-order valence-electron chi connectivity index (χ0n) is 10.2. The topological polar surface area (TPSA) is 107 Å². The van der Waals surface area contributed by atoms with E-state index in [1.807, 2.05) is 6.07 Å². The second-order valence-electron chi connectivity index (χ2n) is 3.87. The van der Waals surface area contributed by atoms with Crippen molar-refractivity contribution < 1.29 is 18.3 Å². The van der Waals surface area contributed by atoms with Gasteiger partial charge in [0.1, 0.15) is 15.2 Å². The van der Waals surface area contributed by atoms with Gasteiger partial charge in [0.2, 0.25) is 0 Å². The molecular formula is C12H7ClN2O4S2. The van der Waals surface area contributed by atoms with Gasteiger partial charge in [0, 0.05) is 5.02 Å². The van der Waals surface area contributed by atoms with Gasteiger partial charge in [-0.3, -0.25) is 4.72 Å². The molecule has 0 spiro atoms. The minimum absolute atomic E-state index is 0.0341. The largest absolute Gasteiger partial charge is 0.478 e. The third-order valence-corrected chi connectivity index (χ3v) is 5.43. The molecule has 6 nitrogen and oxygen atoms in total. The Kier molecular flexibility index (Phi) is 4.18. The number of hydrogen-bond donors (Lipinski definition) is 2. The Hall–Kier alpha value is -2.08. The Morgan fingerprint density at radius 2 is 2.05 bits per heavy atom. The van der Waals surface area contributed by atoms with E-state index >= 15 is 0 Å². The minimum atomic E-state index is -3.90. The molecule has 2 rings (SSSR count). The number of thiophene rings is 1. The van der Waals surface area contributed by atoms with E-state index in [-0.39, 0.29) is 25.4 Å². The molecular weight excluding hydrogens is 336 g/mol. The van der Waals surface area contributed by atoms with Crippen molar-refractivity contribution in [1.29, 1.82) is 5.26 Å². The van der Waals surface area contributed by atoms with E-state index in [9.17, 15) is 13.2 Å². The summed E-state index contributed by atoms with van der Waals surface area (Å²) in [6.45, 7) is 0. The number of carboxylic acid groups (broad SMARTS) is 1. The second kappa shape index (κ2) is 5.73. The predicted molar refractivity (Wildman–Crippen MR) is 78.3 cm³/mol. The molecule has 1 heterocycles. The van der Waals surface area contributed by atoms with Crippen molar-refractivity contribution >= 4 is 44.6 Å². The van der Waals surface area contributed by atoms with E-state index in [1.54, 1.807) is 0 Å². The van der Waals surface area contributed by atoms with Gasteiger partial charge in [-0.15, -0.1) is 11.3 Å². The van der Waals surface area contributed by atoms with Gasteiger partial charge < -0.3 is 5.11 Å². The van der Waals surface area contributed by atoms with Crippen molar-refractivity contribution in [3.63, 3.8) is 0 Å². The molecule has 0 fully saturated rings. The first-order valence-corrected chi connectivity index (χ1v) is 8.06. The molecule has 0 radical (unpaired) electrons. The van der Waals surface area contributed by atoms with Crippen LogP contribution in [-0.4, -0.2) is 19.5 Å². The Morgan fingerprint density at radius 1 is 1.33 bits per heavy atom. The average molecular weight is 343 g/mol. The van der Waals surface area contributed by atoms with Gasteiger partial charge in [-0.05, 0) is 30.3 Å². The number of sulfonamides is 1. The molecule has 0 atom stereocenters. The van der Waals surface area contributed by atoms with Crippen molar-refractivity contribution in [3.05, 3.63) is 45.8 Å². The van der Waals surface area contributed by atoms with Gasteiger partial charge in [-0.2, -0.15) is 5.26 Å². The summed E-state index contributed by atoms with van der Waals surface area (Å²) in [6.07, 6.45) is 0. The van der Waals surface area contributed by atoms with Crippen LogP contribution in [0.25, 0.3) is 0 Å². The highest BCUT2D eigenvalue weighted by Gasteiger charge is 2.18. The second-order valence-corrected chi connectivity index (χ2v) is 7.30. The summed E-state index contributed by atoms with van der Waals surface area (Å²) < 4.78 is 26.4. The molecule has 0 saturated heterocycles. The van der Waals surface area contributed by atoms with Gasteiger partial charge in [0.15, 0.2) is 0 Å². The third-order valence-electron chi connectivity index (χ3n) is 2.35. The van der Waals surface area contributed by atoms with Crippen LogP contribution in [0.3, 0.4) is 0 Å². The minimum Gasteiger partial charge on any atom is -0.478 e. The summed E-state index contributed by atoms with van der Waals surface area (Å²) in [7, 11) is -3.90. The Morgan fingerprint density at radius 3 is 2.62 bits per heavy atom. The first-order valence-electron chi connectivity index (χ1n) is 5.38. The zero-order chi connectivity index (χ0) is 15.6. The number of halogens is 1. The lowest BCUT2D eigenvalue weighted by Gasteiger charge is -2.07. The van der Waals surface area contributed by atoms with Crippen molar-refractivity contribution in [1.82, 2.24) is 0 Å². The molecule has 1 aromatic carbocycles. The quantitative estimate of drug-likeness (QED) is 0.888. The van der Waals surface area contributed by atoms with Crippen molar-refractivity contribution in [2.45, 2.75) is 4.21 Å². The number of anilines is 1. The zero-order valence-corrected chi connectivity index (χ0v) is 12.6. The maximum atomic E-state index is 12.1. The maximum Gasteiger partial charge on any atom is 0.335 e. The first kappa shape index (κ1) is 15.3. The fourth-order valence-corrected chi connectivity index (χ4v) is 3.88. The van der Waals surface area contributed by atoms with Crippen molar-refractivity contribution in [2.24, 2.45) is 0 Å². The third kappa shape index (κ3) is 3.52. The number of nitrogens with zero attached hydrogens (tertiary/aromatic N) is 1. The average Bonchev–Trinajstić information content (AvgIpc) is 2.86. The highest BCUT2D eigenvalue weighted by Crippen LogP contribution is 2.25. The molecule has 9 heteroatoms. The van der Waals surface area contributed by atoms with Gasteiger partial charge in [-0.1, -0.05) is 11.6 Å². The molecule has 108 valence electrons. The SMILES string of the molecule is N#Cc1ccc(S(=O)(=O)Nc2cc(Cl)cc(C(=O)O)c2)s1. The number of carbonyl (C=O) groups is 1. The van der Waals surface area contributed by atoms with Crippen LogP contribution < -0.4 is 4.72 Å². The Labute approximate surface area is 129 Å². The molecule has 1 aromatic heterocycles. The van der Waals surface area contributed by atoms with E-state index < -0.39 is 16.0 Å². The molecule has 0 amide bonds. The summed E-state index contributed by atoms with van der Waals surface area (Å²) >= 11 is 6.57. The van der Waals surface area contributed by atoms with Crippen molar-refractivity contribution in [2.75, 3.05) is 4.72 Å². The van der Waals surface area contributed by atoms with Gasteiger partial charge in [-0.25, -0.2) is 13.2 Å². The summed E-state index contributed by atoms with van der Waals surface area (Å²) in [4.78, 5) is 11.2. The summed E-state index contributed by atoms with van der Waals surface area (Å²) in [5, 5.41) is 17.7. The number of hydrogen-bond acceptors (Lipinski definition) is 5. The van der Waals surface area contributed by atoms with Crippen LogP contribution >= 0.6 is 22.9 Å². The normalized spacial score (nSPS) is 10.9. The summed E-state index contributed by atoms with van der Waals surface area (Å²) in [5.74, 6) is -1.22. The van der Waals surface area contributed by atoms with Crippen molar-refractivity contribution in [3.8, 4) is 6.07 Å². The molecule has 0 aliphatic heterocycles. The number of nitriles is 1. The monoisotopic (exact) mass is 342 g/mol. The molecule has 0 aliphatic carbocycles. The molecule has 21 heavy (non-hydrogen) atoms. The molecule has 0 aliphatic rings. The number of aromatic carboxylic acids is 1. The van der Waals surface area contributed by atoms with E-state index in [2.05, 4.69) is 4.72 Å². The van der Waals surface area contributed by atoms with Crippen LogP contribution in [0.4, 0.5) is 5.69 Å². The number of rotatable bonds is 4. The fraction of sp³-hybridized carbons (Fsp3) is 0. The Bertz CT molecular complexity index is 852. The smallest absolute Gasteiger partial charge is 0.335 e. The molecule has 0 bridgehead atoms. The van der Waals surface area contributed by atoms with Gasteiger partial charge in [0.25, 0.3) is 10.0 Å². The first-order chi connectivity index (χ1) is 9.81. The predicted octanol–water partition coefficient (Wildman–Crippen LogP) is 2.77. The van der Waals surface area contributed by atoms with Crippen LogP contribution in [0.2, 0.25) is 5.02 Å². The highest BCUT2D eigenvalue weighted by molar-refractivity contribution is 7.94. The lowest BCUT2D eigenvalue weighted by Crippen LogP contribution is -2.12. The van der Waals surface area contributed by atoms with Crippen LogP contribution in [0.15, 0.2) is 34.5 Å². The fourth-order valence-electron chi connectivity index (χ4n) is 1.50. The number of carboxylic acids is 1. The standard InChI is InChI=1S/C12H7ClN2O4S2/c13-8-3-7(12(16)17)4-9(5-8)15-21(18,19)11-2-1-10(6-14)20-11/h1-5,15H,(H,16,17). The van der Waals surface area contributed by atoms with E-state index in [0.29, 0.717) is 0 Å². The molecule has 2 N–H and O–H groups in total. The van der Waals surface area contributed by atoms with Crippen LogP contribution in [-0.2, 0) is 10.0 Å². The van der Waals surface area contributed by atoms with Crippen LogP contribution in [0.5, 0.6) is 0 Å². The summed E-state index contributed by atoms with van der Waals surface area (Å²) in [6, 6.07) is 8.19. The van der Waals surface area contributed by atoms with Crippen LogP contribution in [0.1, 0.15) is 15.2 Å². The van der Waals surface area contributed by atoms with Gasteiger partial charge in [0.05, 0.1) is 11.3 Å². The lowest BCUT2D eigenvalue weighted by atomic mass is 10.2. The Balaban J connectivity index is 2.37. The molecule has 2 aromatic rings.